The van der Waals surface area contributed by atoms with Crippen molar-refractivity contribution in [2.75, 3.05) is 50.0 Å². The quantitative estimate of drug-likeness (QED) is 0.0501. The number of carbonyl (C=O) groups is 4. The number of piperidine rings is 1. The molecule has 3 saturated heterocycles. The van der Waals surface area contributed by atoms with E-state index in [4.69, 9.17) is 10.5 Å². The van der Waals surface area contributed by atoms with Crippen LogP contribution in [0.5, 0.6) is 5.75 Å². The van der Waals surface area contributed by atoms with Gasteiger partial charge in [0.2, 0.25) is 23.6 Å². The summed E-state index contributed by atoms with van der Waals surface area (Å²) in [6.07, 6.45) is 11.9. The van der Waals surface area contributed by atoms with E-state index in [0.29, 0.717) is 62.7 Å². The number of aliphatic hydroxyl groups is 1. The number of aliphatic hydroxyl groups excluding tert-OH is 1. The SMILES string of the molecule is Cc1ncsc1-c1ccc(C(C)NC(=O)[C@@H]2C[C@@H](O)CN2C(=O)C(NC(=O)CCCCCCCCCCCCC(=O)N2CCOC3(CCN(c4cc(-c5ccccc5O)nnc4N)CC3)C2)C(C)(C)C)cc1. The molecule has 4 aromatic rings. The highest BCUT2D eigenvalue weighted by Gasteiger charge is 2.45. The molecule has 16 nitrogen and oxygen atoms in total. The van der Waals surface area contributed by atoms with Crippen LogP contribution in [-0.2, 0) is 23.9 Å². The first-order valence-electron chi connectivity index (χ1n) is 26.2. The number of nitrogen functional groups attached to an aromatic ring is 1. The van der Waals surface area contributed by atoms with Gasteiger partial charge in [0.25, 0.3) is 0 Å². The molecule has 2 unspecified atom stereocenters. The number of amides is 4. The van der Waals surface area contributed by atoms with Gasteiger partial charge in [-0.1, -0.05) is 109 Å². The summed E-state index contributed by atoms with van der Waals surface area (Å²) in [6, 6.07) is 14.9. The summed E-state index contributed by atoms with van der Waals surface area (Å²) in [4.78, 5) is 65.4. The van der Waals surface area contributed by atoms with Crippen LogP contribution in [0, 0.1) is 12.3 Å². The number of para-hydroxylation sites is 1. The van der Waals surface area contributed by atoms with Gasteiger partial charge in [-0.15, -0.1) is 21.5 Å². The number of phenols is 1. The first-order valence-corrected chi connectivity index (χ1v) is 27.1. The van der Waals surface area contributed by atoms with Gasteiger partial charge in [0.15, 0.2) is 5.82 Å². The second-order valence-corrected chi connectivity index (χ2v) is 22.1. The standard InChI is InChI=1S/C55H77N9O7S/c1-37(39-22-24-40(25-23-39)49-38(2)57-36-72-49)58-52(69)45-32-41(65)34-64(45)53(70)50(54(3,4)5)59-47(67)20-14-12-10-8-6-7-9-11-13-15-21-48(68)63-30-31-71-55(35-63)26-28-62(29-27-55)44-33-43(60-61-51(44)56)42-18-16-17-19-46(42)66/h16-19,22-25,33,36-37,41,45,50,65-66H,6-15,20-21,26-32,34-35H2,1-5H3,(H2,56,61)(H,58,69)(H,59,67)/t37?,41-,45+,50?/m1/s1. The van der Waals surface area contributed by atoms with E-state index in [1.54, 1.807) is 29.5 Å². The van der Waals surface area contributed by atoms with E-state index < -0.39 is 23.6 Å². The predicted octanol–water partition coefficient (Wildman–Crippen LogP) is 8.11. The van der Waals surface area contributed by atoms with Crippen molar-refractivity contribution in [3.63, 3.8) is 0 Å². The Morgan fingerprint density at radius 3 is 2.18 bits per heavy atom. The fourth-order valence-corrected chi connectivity index (χ4v) is 11.2. The van der Waals surface area contributed by atoms with Crippen molar-refractivity contribution in [2.24, 2.45) is 5.41 Å². The van der Waals surface area contributed by atoms with Crippen molar-refractivity contribution in [1.29, 1.82) is 0 Å². The Morgan fingerprint density at radius 2 is 1.54 bits per heavy atom. The van der Waals surface area contributed by atoms with Crippen LogP contribution < -0.4 is 21.3 Å². The van der Waals surface area contributed by atoms with Crippen LogP contribution in [0.4, 0.5) is 11.5 Å². The fourth-order valence-electron chi connectivity index (χ4n) is 10.4. The number of aromatic nitrogens is 3. The topological polar surface area (TPSA) is 216 Å². The highest BCUT2D eigenvalue weighted by Crippen LogP contribution is 2.37. The molecule has 17 heteroatoms. The zero-order valence-electron chi connectivity index (χ0n) is 43.0. The van der Waals surface area contributed by atoms with Crippen molar-refractivity contribution >= 4 is 46.5 Å². The molecule has 1 spiro atoms. The average Bonchev–Trinajstić information content (AvgIpc) is 3.98. The van der Waals surface area contributed by atoms with Crippen molar-refractivity contribution in [3.8, 4) is 27.4 Å². The van der Waals surface area contributed by atoms with Gasteiger partial charge in [-0.25, -0.2) is 4.98 Å². The molecule has 7 rings (SSSR count). The summed E-state index contributed by atoms with van der Waals surface area (Å²) in [5, 5.41) is 35.5. The number of rotatable bonds is 21. The molecule has 2 aromatic carbocycles. The molecule has 4 atom stereocenters. The zero-order valence-corrected chi connectivity index (χ0v) is 43.9. The molecule has 2 aromatic heterocycles. The third kappa shape index (κ3) is 14.1. The number of β-amino-alcohol motifs (C(OH)–C–C–N with tert-alkyl or cyclic N) is 1. The molecule has 0 bridgehead atoms. The van der Waals surface area contributed by atoms with Gasteiger partial charge in [0.1, 0.15) is 17.8 Å². The molecule has 4 amide bonds. The largest absolute Gasteiger partial charge is 0.507 e. The number of ether oxygens (including phenoxy) is 1. The van der Waals surface area contributed by atoms with E-state index in [0.717, 1.165) is 104 Å². The first kappa shape index (κ1) is 54.1. The summed E-state index contributed by atoms with van der Waals surface area (Å²) >= 11 is 1.59. The van der Waals surface area contributed by atoms with Gasteiger partial charge in [0, 0.05) is 57.5 Å². The number of nitrogens with one attached hydrogen (secondary N) is 2. The maximum atomic E-state index is 14.1. The predicted molar refractivity (Wildman–Crippen MR) is 282 cm³/mol. The minimum absolute atomic E-state index is 0.0312. The molecule has 3 aliphatic rings. The number of aryl methyl sites for hydroxylation is 1. The highest BCUT2D eigenvalue weighted by atomic mass is 32.1. The Bertz CT molecular complexity index is 2450. The Labute approximate surface area is 429 Å². The van der Waals surface area contributed by atoms with Crippen molar-refractivity contribution < 1.29 is 34.1 Å². The van der Waals surface area contributed by atoms with E-state index in [1.165, 1.54) is 4.90 Å². The number of aromatic hydroxyl groups is 1. The number of benzene rings is 2. The number of likely N-dealkylation sites (tertiary alicyclic amines) is 1. The lowest BCUT2D eigenvalue weighted by Gasteiger charge is -2.47. The van der Waals surface area contributed by atoms with E-state index >= 15 is 0 Å². The molecule has 6 N–H and O–H groups in total. The number of nitrogens with two attached hydrogens (primary N) is 1. The van der Waals surface area contributed by atoms with Crippen LogP contribution in [-0.4, -0.2) is 122 Å². The molecular weight excluding hydrogens is 931 g/mol. The van der Waals surface area contributed by atoms with Gasteiger partial charge < -0.3 is 46.0 Å². The smallest absolute Gasteiger partial charge is 0.246 e. The summed E-state index contributed by atoms with van der Waals surface area (Å²) in [7, 11) is 0. The number of phenolic OH excluding ortho intramolecular Hbond substituents is 1. The summed E-state index contributed by atoms with van der Waals surface area (Å²) in [5.41, 5.74) is 12.0. The van der Waals surface area contributed by atoms with E-state index in [-0.39, 0.29) is 54.0 Å². The molecule has 0 radical (unpaired) electrons. The van der Waals surface area contributed by atoms with Gasteiger partial charge >= 0.3 is 0 Å². The number of thiazole rings is 1. The Kier molecular flexibility index (Phi) is 18.7. The lowest BCUT2D eigenvalue weighted by atomic mass is 9.85. The fraction of sp³-hybridized carbons (Fsp3) is 0.582. The minimum Gasteiger partial charge on any atom is -0.507 e. The second kappa shape index (κ2) is 24.9. The van der Waals surface area contributed by atoms with Gasteiger partial charge in [0.05, 0.1) is 51.8 Å². The maximum Gasteiger partial charge on any atom is 0.246 e. The van der Waals surface area contributed by atoms with Crippen LogP contribution in [0.2, 0.25) is 0 Å². The van der Waals surface area contributed by atoms with Crippen molar-refractivity contribution in [1.82, 2.24) is 35.6 Å². The molecular formula is C55H77N9O7S. The lowest BCUT2D eigenvalue weighted by Crippen LogP contribution is -2.58. The lowest BCUT2D eigenvalue weighted by molar-refractivity contribution is -0.154. The Balaban J connectivity index is 0.741. The third-order valence-corrected chi connectivity index (χ3v) is 15.7. The number of hydrogen-bond donors (Lipinski definition) is 5. The maximum absolute atomic E-state index is 14.1. The number of carbonyl (C=O) groups excluding carboxylic acids is 4. The van der Waals surface area contributed by atoms with Gasteiger partial charge in [-0.05, 0) is 74.3 Å². The number of unbranched alkanes of at least 4 members (excludes halogenated alkanes) is 9. The number of anilines is 2. The third-order valence-electron chi connectivity index (χ3n) is 14.7. The van der Waals surface area contributed by atoms with Crippen LogP contribution in [0.3, 0.4) is 0 Å². The molecule has 390 valence electrons. The molecule has 0 saturated carbocycles. The molecule has 72 heavy (non-hydrogen) atoms. The van der Waals surface area contributed by atoms with Crippen molar-refractivity contribution in [3.05, 3.63) is 71.4 Å². The first-order chi connectivity index (χ1) is 34.5. The van der Waals surface area contributed by atoms with Crippen LogP contribution >= 0.6 is 11.3 Å². The highest BCUT2D eigenvalue weighted by molar-refractivity contribution is 7.13. The Hall–Kier alpha value is -5.65. The summed E-state index contributed by atoms with van der Waals surface area (Å²) < 4.78 is 6.36. The monoisotopic (exact) mass is 1010 g/mol. The zero-order chi connectivity index (χ0) is 51.4. The van der Waals surface area contributed by atoms with E-state index in [2.05, 4.69) is 30.7 Å². The molecule has 3 fully saturated rings. The Morgan fingerprint density at radius 1 is 0.889 bits per heavy atom. The normalized spacial score (nSPS) is 18.8. The molecule has 5 heterocycles. The minimum atomic E-state index is -0.851. The van der Waals surface area contributed by atoms with E-state index in [1.807, 2.05) is 81.4 Å². The van der Waals surface area contributed by atoms with Gasteiger partial charge in [-0.3, -0.25) is 19.2 Å². The van der Waals surface area contributed by atoms with Crippen LogP contribution in [0.25, 0.3) is 21.7 Å². The van der Waals surface area contributed by atoms with E-state index in [9.17, 15) is 29.4 Å². The summed E-state index contributed by atoms with van der Waals surface area (Å²) in [5.74, 6) is -0.186. The van der Waals surface area contributed by atoms with Crippen LogP contribution in [0.1, 0.15) is 141 Å². The summed E-state index contributed by atoms with van der Waals surface area (Å²) in [6.45, 7) is 12.8. The number of hydrogen-bond acceptors (Lipinski definition) is 13. The van der Waals surface area contributed by atoms with Gasteiger partial charge in [-0.2, -0.15) is 0 Å². The number of morpholine rings is 1. The second-order valence-electron chi connectivity index (χ2n) is 21.3. The average molecular weight is 1010 g/mol. The van der Waals surface area contributed by atoms with Crippen molar-refractivity contribution in [2.45, 2.75) is 161 Å². The van der Waals surface area contributed by atoms with Crippen LogP contribution in [0.15, 0.2) is 60.1 Å². The number of nitrogens with zero attached hydrogens (tertiary/aromatic N) is 6. The molecule has 3 aliphatic heterocycles. The molecule has 0 aliphatic carbocycles.